The fourth-order valence-electron chi connectivity index (χ4n) is 3.13. The third kappa shape index (κ3) is 5.36. The van der Waals surface area contributed by atoms with Crippen LogP contribution >= 0.6 is 35.6 Å². The summed E-state index contributed by atoms with van der Waals surface area (Å²) in [5.74, 6) is 2.55. The second kappa shape index (κ2) is 10.5. The Kier molecular flexibility index (Phi) is 7.80. The number of benzene rings is 1. The normalized spacial score (nSPS) is 14.4. The molecule has 0 saturated carbocycles. The molecule has 3 aromatic rings. The molecule has 4 rings (SSSR count). The monoisotopic (exact) mass is 540 g/mol. The van der Waals surface area contributed by atoms with Gasteiger partial charge in [0.1, 0.15) is 0 Å². The summed E-state index contributed by atoms with van der Waals surface area (Å²) >= 11 is 6.03. The highest BCUT2D eigenvalue weighted by molar-refractivity contribution is 14.0. The van der Waals surface area contributed by atoms with Crippen LogP contribution in [0.25, 0.3) is 11.4 Å². The van der Waals surface area contributed by atoms with Gasteiger partial charge in [-0.2, -0.15) is 4.98 Å². The predicted molar refractivity (Wildman–Crippen MR) is 126 cm³/mol. The molecule has 1 saturated heterocycles. The van der Waals surface area contributed by atoms with Crippen LogP contribution in [0.4, 0.5) is 5.95 Å². The van der Waals surface area contributed by atoms with Crippen molar-refractivity contribution in [3.63, 3.8) is 0 Å². The number of nitrogens with zero attached hydrogens (tertiary/aromatic N) is 7. The summed E-state index contributed by atoms with van der Waals surface area (Å²) in [5, 5.41) is 7.95. The lowest BCUT2D eigenvalue weighted by Crippen LogP contribution is -2.52. The van der Waals surface area contributed by atoms with Gasteiger partial charge < -0.3 is 19.6 Å². The number of hydrogen-bond acceptors (Lipinski definition) is 7. The first-order chi connectivity index (χ1) is 14.2. The van der Waals surface area contributed by atoms with E-state index in [4.69, 9.17) is 16.1 Å². The number of nitrogens with one attached hydrogen (secondary N) is 1. The molecule has 30 heavy (non-hydrogen) atoms. The third-order valence-corrected chi connectivity index (χ3v) is 4.81. The first kappa shape index (κ1) is 22.2. The minimum absolute atomic E-state index is 0. The highest BCUT2D eigenvalue weighted by Gasteiger charge is 2.21. The van der Waals surface area contributed by atoms with Crippen LogP contribution in [0.2, 0.25) is 5.02 Å². The molecule has 11 heteroatoms. The number of guanidine groups is 1. The van der Waals surface area contributed by atoms with Gasteiger partial charge in [-0.05, 0) is 18.2 Å². The van der Waals surface area contributed by atoms with Gasteiger partial charge in [0.2, 0.25) is 17.7 Å². The Bertz CT molecular complexity index is 975. The maximum Gasteiger partial charge on any atom is 0.246 e. The SMILES string of the molecule is CN=C(NCc1nc(-c2cccc(Cl)c2)no1)N1CCN(c2ncccn2)CC1.I. The molecule has 0 radical (unpaired) electrons. The quantitative estimate of drug-likeness (QED) is 0.307. The Morgan fingerprint density at radius 3 is 2.63 bits per heavy atom. The predicted octanol–water partition coefficient (Wildman–Crippen LogP) is 2.70. The standard InChI is InChI=1S/C19H21ClN8O.HI/c1-21-18(27-8-10-28(11-9-27)19-22-6-3-7-23-19)24-13-16-25-17(26-29-16)14-4-2-5-15(20)12-14;/h2-7,12H,8-11,13H2,1H3,(H,21,24);1H. The van der Waals surface area contributed by atoms with E-state index in [-0.39, 0.29) is 24.0 Å². The molecule has 0 aliphatic carbocycles. The third-order valence-electron chi connectivity index (χ3n) is 4.57. The van der Waals surface area contributed by atoms with Gasteiger partial charge in [0, 0.05) is 56.2 Å². The largest absolute Gasteiger partial charge is 0.347 e. The van der Waals surface area contributed by atoms with Crippen molar-refractivity contribution in [1.29, 1.82) is 0 Å². The summed E-state index contributed by atoms with van der Waals surface area (Å²) in [6.07, 6.45) is 3.52. The lowest BCUT2D eigenvalue weighted by Gasteiger charge is -2.36. The summed E-state index contributed by atoms with van der Waals surface area (Å²) in [5.41, 5.74) is 0.816. The fourth-order valence-corrected chi connectivity index (χ4v) is 3.32. The molecule has 0 unspecified atom stereocenters. The molecule has 0 bridgehead atoms. The van der Waals surface area contributed by atoms with Crippen molar-refractivity contribution in [2.45, 2.75) is 6.54 Å². The van der Waals surface area contributed by atoms with Crippen LogP contribution in [0.1, 0.15) is 5.89 Å². The van der Waals surface area contributed by atoms with E-state index < -0.39 is 0 Å². The van der Waals surface area contributed by atoms with Gasteiger partial charge in [0.05, 0.1) is 6.54 Å². The van der Waals surface area contributed by atoms with Crippen molar-refractivity contribution in [2.75, 3.05) is 38.1 Å². The number of aliphatic imine (C=N–C) groups is 1. The second-order valence-corrected chi connectivity index (χ2v) is 6.88. The van der Waals surface area contributed by atoms with Crippen molar-refractivity contribution in [3.8, 4) is 11.4 Å². The molecule has 0 amide bonds. The summed E-state index contributed by atoms with van der Waals surface area (Å²) in [6, 6.07) is 9.18. The van der Waals surface area contributed by atoms with Crippen LogP contribution < -0.4 is 10.2 Å². The number of hydrogen-bond donors (Lipinski definition) is 1. The minimum Gasteiger partial charge on any atom is -0.347 e. The van der Waals surface area contributed by atoms with Crippen molar-refractivity contribution in [2.24, 2.45) is 4.99 Å². The number of piperazine rings is 1. The molecule has 1 fully saturated rings. The van der Waals surface area contributed by atoms with Crippen LogP contribution in [0.3, 0.4) is 0 Å². The summed E-state index contributed by atoms with van der Waals surface area (Å²) in [4.78, 5) is 21.8. The van der Waals surface area contributed by atoms with Gasteiger partial charge in [-0.15, -0.1) is 24.0 Å². The van der Waals surface area contributed by atoms with E-state index in [2.05, 4.69) is 40.2 Å². The first-order valence-corrected chi connectivity index (χ1v) is 9.67. The number of halogens is 2. The van der Waals surface area contributed by atoms with Crippen LogP contribution in [-0.2, 0) is 6.54 Å². The number of rotatable bonds is 4. The van der Waals surface area contributed by atoms with E-state index in [0.29, 0.717) is 23.3 Å². The lowest BCUT2D eigenvalue weighted by molar-refractivity contribution is 0.354. The van der Waals surface area contributed by atoms with E-state index in [1.54, 1.807) is 31.6 Å². The van der Waals surface area contributed by atoms with Crippen LogP contribution in [0.15, 0.2) is 52.2 Å². The van der Waals surface area contributed by atoms with Gasteiger partial charge in [0.25, 0.3) is 0 Å². The van der Waals surface area contributed by atoms with Gasteiger partial charge in [-0.1, -0.05) is 28.9 Å². The Balaban J connectivity index is 0.00000256. The topological polar surface area (TPSA) is 95.6 Å². The van der Waals surface area contributed by atoms with E-state index in [9.17, 15) is 0 Å². The average Bonchev–Trinajstić information content (AvgIpc) is 3.24. The number of aromatic nitrogens is 4. The highest BCUT2D eigenvalue weighted by atomic mass is 127. The molecule has 0 atom stereocenters. The molecule has 1 aliphatic rings. The molecular formula is C19H22ClIN8O. The zero-order valence-electron chi connectivity index (χ0n) is 16.4. The van der Waals surface area contributed by atoms with Crippen molar-refractivity contribution < 1.29 is 4.52 Å². The molecule has 0 spiro atoms. The Morgan fingerprint density at radius 2 is 1.93 bits per heavy atom. The average molecular weight is 541 g/mol. The molecule has 9 nitrogen and oxygen atoms in total. The molecule has 1 aliphatic heterocycles. The van der Waals surface area contributed by atoms with E-state index in [1.165, 1.54) is 0 Å². The van der Waals surface area contributed by atoms with Crippen LogP contribution in [-0.4, -0.2) is 64.2 Å². The van der Waals surface area contributed by atoms with Crippen molar-refractivity contribution in [1.82, 2.24) is 30.3 Å². The van der Waals surface area contributed by atoms with Gasteiger partial charge in [-0.25, -0.2) is 9.97 Å². The number of anilines is 1. The molecule has 3 heterocycles. The Labute approximate surface area is 196 Å². The first-order valence-electron chi connectivity index (χ1n) is 9.29. The summed E-state index contributed by atoms with van der Waals surface area (Å²) in [7, 11) is 1.76. The van der Waals surface area contributed by atoms with Crippen molar-refractivity contribution in [3.05, 3.63) is 53.6 Å². The van der Waals surface area contributed by atoms with E-state index >= 15 is 0 Å². The van der Waals surface area contributed by atoms with Gasteiger partial charge in [-0.3, -0.25) is 4.99 Å². The zero-order chi connectivity index (χ0) is 20.1. The van der Waals surface area contributed by atoms with Crippen LogP contribution in [0.5, 0.6) is 0 Å². The maximum atomic E-state index is 6.03. The molecule has 158 valence electrons. The molecular weight excluding hydrogens is 519 g/mol. The summed E-state index contributed by atoms with van der Waals surface area (Å²) < 4.78 is 5.35. The van der Waals surface area contributed by atoms with Gasteiger partial charge in [0.15, 0.2) is 5.96 Å². The molecule has 1 aromatic carbocycles. The summed E-state index contributed by atoms with van der Waals surface area (Å²) in [6.45, 7) is 3.67. The van der Waals surface area contributed by atoms with E-state index in [0.717, 1.165) is 43.7 Å². The maximum absolute atomic E-state index is 6.03. The smallest absolute Gasteiger partial charge is 0.246 e. The van der Waals surface area contributed by atoms with E-state index in [1.807, 2.05) is 18.2 Å². The fraction of sp³-hybridized carbons (Fsp3) is 0.316. The molecule has 1 N–H and O–H groups in total. The minimum atomic E-state index is 0. The highest BCUT2D eigenvalue weighted by Crippen LogP contribution is 2.20. The van der Waals surface area contributed by atoms with Crippen molar-refractivity contribution >= 4 is 47.5 Å². The van der Waals surface area contributed by atoms with Gasteiger partial charge >= 0.3 is 0 Å². The second-order valence-electron chi connectivity index (χ2n) is 6.45. The van der Waals surface area contributed by atoms with Crippen LogP contribution in [0, 0.1) is 0 Å². The zero-order valence-corrected chi connectivity index (χ0v) is 19.5. The molecule has 2 aromatic heterocycles. The Morgan fingerprint density at radius 1 is 1.17 bits per heavy atom. The Hall–Kier alpha value is -2.47. The lowest BCUT2D eigenvalue weighted by atomic mass is 10.2.